The summed E-state index contributed by atoms with van der Waals surface area (Å²) in [6.45, 7) is 4.11. The highest BCUT2D eigenvalue weighted by atomic mass is 16.5. The second-order valence-electron chi connectivity index (χ2n) is 6.68. The van der Waals surface area contributed by atoms with Crippen molar-refractivity contribution >= 4 is 33.9 Å². The first kappa shape index (κ1) is 17.9. The predicted octanol–water partition coefficient (Wildman–Crippen LogP) is 5.32. The van der Waals surface area contributed by atoms with E-state index in [0.29, 0.717) is 5.82 Å². The Bertz CT molecular complexity index is 1120. The Morgan fingerprint density at radius 1 is 1.00 bits per heavy atom. The summed E-state index contributed by atoms with van der Waals surface area (Å²) in [5, 5.41) is 16.0. The zero-order valence-corrected chi connectivity index (χ0v) is 16.2. The SMILES string of the molecule is CCc1cccc(Nc2nc(Nc3cc(C)[nH]n3)cc3cc(OC)ccc23)c1. The number of aryl methyl sites for hydroxylation is 2. The van der Waals surface area contributed by atoms with Crippen LogP contribution in [0, 0.1) is 6.92 Å². The fraction of sp³-hybridized carbons (Fsp3) is 0.182. The number of aromatic amines is 1. The van der Waals surface area contributed by atoms with Crippen LogP contribution in [0.2, 0.25) is 0 Å². The van der Waals surface area contributed by atoms with Crippen molar-refractivity contribution in [2.45, 2.75) is 20.3 Å². The van der Waals surface area contributed by atoms with Crippen molar-refractivity contribution in [3.05, 3.63) is 65.9 Å². The molecule has 142 valence electrons. The smallest absolute Gasteiger partial charge is 0.153 e. The van der Waals surface area contributed by atoms with Gasteiger partial charge < -0.3 is 15.4 Å². The molecule has 0 bridgehead atoms. The van der Waals surface area contributed by atoms with Crippen LogP contribution >= 0.6 is 0 Å². The van der Waals surface area contributed by atoms with Crippen LogP contribution < -0.4 is 15.4 Å². The highest BCUT2D eigenvalue weighted by molar-refractivity contribution is 5.96. The lowest BCUT2D eigenvalue weighted by Gasteiger charge is -2.13. The molecule has 28 heavy (non-hydrogen) atoms. The van der Waals surface area contributed by atoms with Crippen LogP contribution in [-0.4, -0.2) is 22.3 Å². The summed E-state index contributed by atoms with van der Waals surface area (Å²) in [5.41, 5.74) is 3.27. The van der Waals surface area contributed by atoms with E-state index in [0.717, 1.165) is 46.0 Å². The lowest BCUT2D eigenvalue weighted by atomic mass is 10.1. The van der Waals surface area contributed by atoms with Gasteiger partial charge in [-0.05, 0) is 60.7 Å². The number of H-pyrrole nitrogens is 1. The molecule has 0 unspecified atom stereocenters. The highest BCUT2D eigenvalue weighted by Gasteiger charge is 2.10. The normalized spacial score (nSPS) is 10.8. The number of methoxy groups -OCH3 is 1. The topological polar surface area (TPSA) is 74.9 Å². The van der Waals surface area contributed by atoms with Crippen LogP contribution in [0.3, 0.4) is 0 Å². The number of nitrogens with one attached hydrogen (secondary N) is 3. The number of rotatable bonds is 6. The fourth-order valence-electron chi connectivity index (χ4n) is 3.14. The number of fused-ring (bicyclic) bond motifs is 1. The number of anilines is 4. The van der Waals surface area contributed by atoms with Gasteiger partial charge in [0.15, 0.2) is 5.82 Å². The minimum Gasteiger partial charge on any atom is -0.497 e. The van der Waals surface area contributed by atoms with Gasteiger partial charge in [0.1, 0.15) is 17.4 Å². The van der Waals surface area contributed by atoms with Crippen molar-refractivity contribution in [1.29, 1.82) is 0 Å². The first-order valence-corrected chi connectivity index (χ1v) is 9.28. The third kappa shape index (κ3) is 3.76. The maximum Gasteiger partial charge on any atom is 0.153 e. The number of hydrogen-bond acceptors (Lipinski definition) is 5. The number of aromatic nitrogens is 3. The largest absolute Gasteiger partial charge is 0.497 e. The van der Waals surface area contributed by atoms with E-state index in [2.05, 4.69) is 46.0 Å². The van der Waals surface area contributed by atoms with Gasteiger partial charge in [-0.3, -0.25) is 5.10 Å². The summed E-state index contributed by atoms with van der Waals surface area (Å²) in [6.07, 6.45) is 0.987. The van der Waals surface area contributed by atoms with Gasteiger partial charge in [0.25, 0.3) is 0 Å². The molecule has 0 spiro atoms. The summed E-state index contributed by atoms with van der Waals surface area (Å²) >= 11 is 0. The first-order chi connectivity index (χ1) is 13.6. The zero-order valence-electron chi connectivity index (χ0n) is 16.2. The van der Waals surface area contributed by atoms with E-state index in [1.807, 2.05) is 43.3 Å². The Hall–Kier alpha value is -3.54. The highest BCUT2D eigenvalue weighted by Crippen LogP contribution is 2.31. The van der Waals surface area contributed by atoms with Gasteiger partial charge in [-0.25, -0.2) is 4.98 Å². The summed E-state index contributed by atoms with van der Waals surface area (Å²) in [7, 11) is 1.67. The molecule has 2 aromatic carbocycles. The summed E-state index contributed by atoms with van der Waals surface area (Å²) in [5.74, 6) is 3.02. The Morgan fingerprint density at radius 3 is 2.64 bits per heavy atom. The molecular weight excluding hydrogens is 350 g/mol. The van der Waals surface area contributed by atoms with E-state index in [4.69, 9.17) is 9.72 Å². The Kier molecular flexibility index (Phi) is 4.85. The first-order valence-electron chi connectivity index (χ1n) is 9.28. The molecule has 2 aromatic heterocycles. The number of pyridine rings is 1. The molecule has 4 rings (SSSR count). The van der Waals surface area contributed by atoms with Crippen molar-refractivity contribution in [2.24, 2.45) is 0 Å². The molecule has 0 aliphatic carbocycles. The number of nitrogens with zero attached hydrogens (tertiary/aromatic N) is 2. The van der Waals surface area contributed by atoms with Crippen LogP contribution in [-0.2, 0) is 6.42 Å². The van der Waals surface area contributed by atoms with Gasteiger partial charge >= 0.3 is 0 Å². The monoisotopic (exact) mass is 373 g/mol. The average molecular weight is 373 g/mol. The lowest BCUT2D eigenvalue weighted by Crippen LogP contribution is -2.00. The van der Waals surface area contributed by atoms with Gasteiger partial charge in [-0.1, -0.05) is 19.1 Å². The third-order valence-corrected chi connectivity index (χ3v) is 4.60. The molecule has 4 aromatic rings. The number of hydrogen-bond donors (Lipinski definition) is 3. The van der Waals surface area contributed by atoms with Crippen LogP contribution in [0.25, 0.3) is 10.8 Å². The summed E-state index contributed by atoms with van der Waals surface area (Å²) in [6, 6.07) is 18.3. The number of benzene rings is 2. The molecule has 0 saturated heterocycles. The van der Waals surface area contributed by atoms with Crippen LogP contribution in [0.4, 0.5) is 23.1 Å². The molecule has 6 heteroatoms. The Labute approximate surface area is 164 Å². The predicted molar refractivity (Wildman–Crippen MR) is 114 cm³/mol. The molecule has 3 N–H and O–H groups in total. The van der Waals surface area contributed by atoms with E-state index in [1.165, 1.54) is 5.56 Å². The minimum absolute atomic E-state index is 0.710. The molecular formula is C22H23N5O. The van der Waals surface area contributed by atoms with Crippen LogP contribution in [0.15, 0.2) is 54.6 Å². The molecule has 0 amide bonds. The maximum atomic E-state index is 5.39. The van der Waals surface area contributed by atoms with E-state index >= 15 is 0 Å². The Balaban J connectivity index is 1.77. The van der Waals surface area contributed by atoms with E-state index in [-0.39, 0.29) is 0 Å². The van der Waals surface area contributed by atoms with Crippen molar-refractivity contribution in [1.82, 2.24) is 15.2 Å². The van der Waals surface area contributed by atoms with Gasteiger partial charge in [-0.2, -0.15) is 5.10 Å². The molecule has 2 heterocycles. The molecule has 0 atom stereocenters. The molecule has 0 aliphatic rings. The van der Waals surface area contributed by atoms with E-state index in [9.17, 15) is 0 Å². The van der Waals surface area contributed by atoms with Crippen molar-refractivity contribution in [3.8, 4) is 5.75 Å². The van der Waals surface area contributed by atoms with Crippen molar-refractivity contribution in [2.75, 3.05) is 17.7 Å². The lowest BCUT2D eigenvalue weighted by molar-refractivity contribution is 0.415. The Morgan fingerprint density at radius 2 is 1.89 bits per heavy atom. The van der Waals surface area contributed by atoms with Gasteiger partial charge in [0.05, 0.1) is 7.11 Å². The van der Waals surface area contributed by atoms with Gasteiger partial charge in [0, 0.05) is 22.8 Å². The fourth-order valence-corrected chi connectivity index (χ4v) is 3.14. The van der Waals surface area contributed by atoms with E-state index in [1.54, 1.807) is 7.11 Å². The zero-order chi connectivity index (χ0) is 19.5. The molecule has 0 fully saturated rings. The molecule has 6 nitrogen and oxygen atoms in total. The summed E-state index contributed by atoms with van der Waals surface area (Å²) < 4.78 is 5.39. The quantitative estimate of drug-likeness (QED) is 0.426. The van der Waals surface area contributed by atoms with Crippen molar-refractivity contribution < 1.29 is 4.74 Å². The summed E-state index contributed by atoms with van der Waals surface area (Å²) in [4.78, 5) is 4.79. The number of ether oxygens (including phenoxy) is 1. The van der Waals surface area contributed by atoms with Crippen LogP contribution in [0.5, 0.6) is 5.75 Å². The van der Waals surface area contributed by atoms with Gasteiger partial charge in [-0.15, -0.1) is 0 Å². The van der Waals surface area contributed by atoms with Crippen molar-refractivity contribution in [3.63, 3.8) is 0 Å². The standard InChI is InChI=1S/C22H23N5O/c1-4-15-6-5-7-17(11-15)23-22-19-9-8-18(28-3)12-16(19)13-20(25-22)24-21-10-14(2)26-27-21/h5-13H,4H2,1-3H3,(H3,23,24,25,26,27). The second kappa shape index (κ2) is 7.60. The van der Waals surface area contributed by atoms with E-state index < -0.39 is 0 Å². The van der Waals surface area contributed by atoms with Gasteiger partial charge in [0.2, 0.25) is 0 Å². The maximum absolute atomic E-state index is 5.39. The third-order valence-electron chi connectivity index (χ3n) is 4.60. The minimum atomic E-state index is 0.710. The average Bonchev–Trinajstić information content (AvgIpc) is 3.12. The molecule has 0 aliphatic heterocycles. The van der Waals surface area contributed by atoms with Crippen LogP contribution in [0.1, 0.15) is 18.2 Å². The second-order valence-corrected chi connectivity index (χ2v) is 6.68. The molecule has 0 radical (unpaired) electrons. The molecule has 0 saturated carbocycles.